The fourth-order valence-corrected chi connectivity index (χ4v) is 9.20. The molecule has 5 atom stereocenters. The number of ether oxygens (including phenoxy) is 1. The number of amidine groups is 1. The van der Waals surface area contributed by atoms with Crippen LogP contribution in [0.3, 0.4) is 0 Å². The van der Waals surface area contributed by atoms with Gasteiger partial charge >= 0.3 is 11.9 Å². The zero-order chi connectivity index (χ0) is 27.3. The molecule has 5 unspecified atom stereocenters. The van der Waals surface area contributed by atoms with Crippen LogP contribution in [0.4, 0.5) is 8.78 Å². The van der Waals surface area contributed by atoms with E-state index in [1.165, 1.54) is 17.4 Å². The van der Waals surface area contributed by atoms with Gasteiger partial charge in [0.2, 0.25) is 0 Å². The Hall–Kier alpha value is -2.85. The van der Waals surface area contributed by atoms with Gasteiger partial charge in [0.1, 0.15) is 6.04 Å². The van der Waals surface area contributed by atoms with Crippen molar-refractivity contribution in [3.05, 3.63) is 62.2 Å². The third kappa shape index (κ3) is 2.82. The number of benzene rings is 1. The fourth-order valence-electron chi connectivity index (χ4n) is 8.35. The Morgan fingerprint density at radius 3 is 2.45 bits per heavy atom. The van der Waals surface area contributed by atoms with E-state index in [4.69, 9.17) is 21.3 Å². The number of esters is 1. The van der Waals surface area contributed by atoms with E-state index in [-0.39, 0.29) is 47.3 Å². The first-order chi connectivity index (χ1) is 18.0. The standard InChI is InChI=1S/C27H26ClF2N3O4S/c1-5-37-24(34)14-20(12-6-7-13(29)19(30)18(12)28)32-22(23-31-8-9-38-23)33-21(14)27-10(2)15-17(27)16(11(27)3)26(15,4)25(35)36/h6-11,15-17,20H,5H2,1-4H3,(H,32,33)(H,35,36). The van der Waals surface area contributed by atoms with Gasteiger partial charge in [0, 0.05) is 28.3 Å². The molecular formula is C27H26ClF2N3O4S. The number of allylic oxidation sites excluding steroid dienone is 1. The number of thiazole rings is 1. The van der Waals surface area contributed by atoms with Crippen molar-refractivity contribution in [2.75, 3.05) is 6.61 Å². The number of rotatable bonds is 6. The van der Waals surface area contributed by atoms with Crippen molar-refractivity contribution in [3.63, 3.8) is 0 Å². The van der Waals surface area contributed by atoms with Crippen LogP contribution in [-0.4, -0.2) is 34.5 Å². The minimum atomic E-state index is -1.22. The Bertz CT molecular complexity index is 1410. The van der Waals surface area contributed by atoms with Crippen LogP contribution < -0.4 is 5.32 Å². The largest absolute Gasteiger partial charge is 0.481 e. The van der Waals surface area contributed by atoms with Gasteiger partial charge in [0.25, 0.3) is 0 Å². The first-order valence-corrected chi connectivity index (χ1v) is 13.8. The molecule has 0 saturated heterocycles. The number of carbonyl (C=O) groups excluding carboxylic acids is 1. The number of hydrogen-bond donors (Lipinski definition) is 2. The lowest BCUT2D eigenvalue weighted by molar-refractivity contribution is -0.403. The second-order valence-electron chi connectivity index (χ2n) is 10.8. The summed E-state index contributed by atoms with van der Waals surface area (Å²) in [7, 11) is 0. The van der Waals surface area contributed by atoms with Gasteiger partial charge in [0.05, 0.1) is 22.6 Å². The van der Waals surface area contributed by atoms with Gasteiger partial charge in [-0.15, -0.1) is 11.3 Å². The lowest BCUT2D eigenvalue weighted by Crippen LogP contribution is -2.89. The summed E-state index contributed by atoms with van der Waals surface area (Å²) in [5.74, 6) is -3.57. The molecule has 0 spiro atoms. The normalized spacial score (nSPS) is 36.7. The van der Waals surface area contributed by atoms with Crippen LogP contribution in [0.5, 0.6) is 0 Å². The number of nitrogens with zero attached hydrogens (tertiary/aromatic N) is 2. The summed E-state index contributed by atoms with van der Waals surface area (Å²) in [6.45, 7) is 7.66. The fraction of sp³-hybridized carbons (Fsp3) is 0.481. The van der Waals surface area contributed by atoms with Crippen molar-refractivity contribution < 1.29 is 28.2 Å². The number of aliphatic carboxylic acids is 1. The van der Waals surface area contributed by atoms with Crippen LogP contribution in [0.2, 0.25) is 5.02 Å². The summed E-state index contributed by atoms with van der Waals surface area (Å²) in [4.78, 5) is 35.0. The van der Waals surface area contributed by atoms with Crippen molar-refractivity contribution in [1.29, 1.82) is 0 Å². The Labute approximate surface area is 227 Å². The SMILES string of the molecule is CCOC(=O)C1=C(C23C(C)C4C2C(C3C)C4(C)C(=O)O)NC(c2nccs2)=NC1c1ccc(F)c(F)c1Cl. The Kier molecular flexibility index (Phi) is 5.57. The molecule has 1 aliphatic heterocycles. The van der Waals surface area contributed by atoms with Crippen LogP contribution in [0, 0.1) is 52.1 Å². The molecule has 38 heavy (non-hydrogen) atoms. The number of halogens is 3. The highest BCUT2D eigenvalue weighted by Gasteiger charge is 2.90. The third-order valence-electron chi connectivity index (χ3n) is 9.72. The molecule has 3 aliphatic carbocycles. The molecule has 1 aromatic carbocycles. The number of nitrogens with one attached hydrogen (secondary N) is 1. The molecule has 6 rings (SSSR count). The van der Waals surface area contributed by atoms with Crippen molar-refractivity contribution in [2.45, 2.75) is 33.7 Å². The van der Waals surface area contributed by atoms with E-state index < -0.39 is 45.5 Å². The van der Waals surface area contributed by atoms with Crippen molar-refractivity contribution in [2.24, 2.45) is 45.4 Å². The molecule has 3 saturated carbocycles. The van der Waals surface area contributed by atoms with E-state index in [0.717, 1.165) is 6.07 Å². The zero-order valence-corrected chi connectivity index (χ0v) is 22.7. The monoisotopic (exact) mass is 561 g/mol. The Balaban J connectivity index is 1.57. The van der Waals surface area contributed by atoms with Gasteiger partial charge in [-0.3, -0.25) is 9.79 Å². The lowest BCUT2D eigenvalue weighted by atomic mass is 9.14. The molecule has 11 heteroatoms. The number of carboxylic acids is 1. The second kappa shape index (κ2) is 8.32. The van der Waals surface area contributed by atoms with Gasteiger partial charge in [-0.25, -0.2) is 18.6 Å². The number of carbonyl (C=O) groups is 2. The summed E-state index contributed by atoms with van der Waals surface area (Å²) in [5, 5.41) is 15.4. The summed E-state index contributed by atoms with van der Waals surface area (Å²) in [6.07, 6.45) is 1.63. The van der Waals surface area contributed by atoms with Crippen LogP contribution >= 0.6 is 22.9 Å². The van der Waals surface area contributed by atoms with Crippen LogP contribution in [-0.2, 0) is 14.3 Å². The van der Waals surface area contributed by atoms with E-state index in [1.807, 2.05) is 20.8 Å². The molecule has 2 heterocycles. The van der Waals surface area contributed by atoms with E-state index >= 15 is 0 Å². The van der Waals surface area contributed by atoms with Crippen molar-refractivity contribution in [1.82, 2.24) is 10.3 Å². The average Bonchev–Trinajstić information content (AvgIpc) is 3.41. The third-order valence-corrected chi connectivity index (χ3v) is 10.9. The van der Waals surface area contributed by atoms with Gasteiger partial charge < -0.3 is 15.2 Å². The maximum Gasteiger partial charge on any atom is 0.338 e. The van der Waals surface area contributed by atoms with E-state index in [9.17, 15) is 23.5 Å². The maximum atomic E-state index is 14.6. The smallest absolute Gasteiger partial charge is 0.338 e. The van der Waals surface area contributed by atoms with Gasteiger partial charge in [-0.05, 0) is 49.5 Å². The molecular weight excluding hydrogens is 536 g/mol. The predicted molar refractivity (Wildman–Crippen MR) is 137 cm³/mol. The second-order valence-corrected chi connectivity index (χ2v) is 12.1. The van der Waals surface area contributed by atoms with Crippen LogP contribution in [0.15, 0.2) is 40.0 Å². The van der Waals surface area contributed by atoms with Gasteiger partial charge in [0.15, 0.2) is 22.5 Å². The zero-order valence-electron chi connectivity index (χ0n) is 21.1. The number of aliphatic imine (C=N–C) groups is 1. The Morgan fingerprint density at radius 1 is 1.21 bits per heavy atom. The highest BCUT2D eigenvalue weighted by atomic mass is 35.5. The lowest BCUT2D eigenvalue weighted by Gasteiger charge is -2.88. The van der Waals surface area contributed by atoms with Crippen molar-refractivity contribution >= 4 is 40.7 Å². The molecule has 200 valence electrons. The molecule has 4 aliphatic rings. The molecule has 0 bridgehead atoms. The quantitative estimate of drug-likeness (QED) is 0.370. The molecule has 3 fully saturated rings. The molecule has 0 radical (unpaired) electrons. The first-order valence-electron chi connectivity index (χ1n) is 12.6. The average molecular weight is 562 g/mol. The summed E-state index contributed by atoms with van der Waals surface area (Å²) in [6, 6.07) is 1.22. The first kappa shape index (κ1) is 25.4. The topological polar surface area (TPSA) is 101 Å². The van der Waals surface area contributed by atoms with E-state index in [1.54, 1.807) is 18.5 Å². The summed E-state index contributed by atoms with van der Waals surface area (Å²) < 4.78 is 34.1. The van der Waals surface area contributed by atoms with Crippen LogP contribution in [0.1, 0.15) is 44.3 Å². The molecule has 2 N–H and O–H groups in total. The number of aromatic nitrogens is 1. The van der Waals surface area contributed by atoms with E-state index in [0.29, 0.717) is 16.5 Å². The summed E-state index contributed by atoms with van der Waals surface area (Å²) >= 11 is 7.65. The summed E-state index contributed by atoms with van der Waals surface area (Å²) in [5.41, 5.74) is -0.464. The maximum absolute atomic E-state index is 14.6. The highest BCUT2D eigenvalue weighted by molar-refractivity contribution is 7.11. The van der Waals surface area contributed by atoms with Gasteiger partial charge in [-0.1, -0.05) is 31.5 Å². The molecule has 2 aromatic rings. The van der Waals surface area contributed by atoms with Gasteiger partial charge in [-0.2, -0.15) is 0 Å². The molecule has 0 amide bonds. The predicted octanol–water partition coefficient (Wildman–Crippen LogP) is 5.22. The Morgan fingerprint density at radius 2 is 1.89 bits per heavy atom. The molecule has 7 nitrogen and oxygen atoms in total. The van der Waals surface area contributed by atoms with Crippen molar-refractivity contribution in [3.8, 4) is 0 Å². The number of carboxylic acid groups (broad SMARTS) is 1. The number of hydrogen-bond acceptors (Lipinski definition) is 7. The highest BCUT2D eigenvalue weighted by Crippen LogP contribution is 2.90. The van der Waals surface area contributed by atoms with Crippen LogP contribution in [0.25, 0.3) is 0 Å². The van der Waals surface area contributed by atoms with E-state index in [2.05, 4.69) is 10.3 Å². The minimum Gasteiger partial charge on any atom is -0.481 e. The minimum absolute atomic E-state index is 0.0496. The molecule has 1 aromatic heterocycles.